The molecule has 1 aromatic carbocycles. The van der Waals surface area contributed by atoms with Crippen LogP contribution in [-0.2, 0) is 0 Å². The molecule has 1 aliphatic rings. The summed E-state index contributed by atoms with van der Waals surface area (Å²) in [7, 11) is 4.30. The van der Waals surface area contributed by atoms with E-state index in [0.29, 0.717) is 6.04 Å². The third-order valence-electron chi connectivity index (χ3n) is 4.69. The van der Waals surface area contributed by atoms with E-state index in [-0.39, 0.29) is 0 Å². The number of halogens is 1. The van der Waals surface area contributed by atoms with Gasteiger partial charge in [-0.3, -0.25) is 0 Å². The molecule has 1 aliphatic carbocycles. The minimum absolute atomic E-state index is 0.387. The molecule has 0 heterocycles. The fraction of sp³-hybridized carbons (Fsp3) is 0.667. The maximum absolute atomic E-state index is 6.10. The molecule has 2 rings (SSSR count). The van der Waals surface area contributed by atoms with Gasteiger partial charge in [-0.15, -0.1) is 0 Å². The molecular formula is C18H29ClN2. The van der Waals surface area contributed by atoms with Gasteiger partial charge in [0.25, 0.3) is 0 Å². The summed E-state index contributed by atoms with van der Waals surface area (Å²) in [4.78, 5) is 2.50. The minimum Gasteiger partial charge on any atom is -0.313 e. The first-order valence-electron chi connectivity index (χ1n) is 8.30. The average molecular weight is 309 g/mol. The summed E-state index contributed by atoms with van der Waals surface area (Å²) < 4.78 is 0. The Balaban J connectivity index is 1.79. The zero-order chi connectivity index (χ0) is 15.1. The van der Waals surface area contributed by atoms with Gasteiger partial charge in [0.1, 0.15) is 0 Å². The van der Waals surface area contributed by atoms with Crippen LogP contribution in [0.2, 0.25) is 5.02 Å². The van der Waals surface area contributed by atoms with Gasteiger partial charge in [-0.05, 0) is 63.5 Å². The molecule has 0 amide bonds. The average Bonchev–Trinajstić information content (AvgIpc) is 2.49. The highest BCUT2D eigenvalue weighted by Crippen LogP contribution is 2.25. The summed E-state index contributed by atoms with van der Waals surface area (Å²) >= 11 is 6.10. The molecule has 0 radical (unpaired) electrons. The number of nitrogens with zero attached hydrogens (tertiary/aromatic N) is 1. The summed E-state index contributed by atoms with van der Waals surface area (Å²) in [5.74, 6) is 0.919. The molecule has 1 aromatic rings. The Morgan fingerprint density at radius 2 is 2.05 bits per heavy atom. The van der Waals surface area contributed by atoms with Crippen LogP contribution >= 0.6 is 11.6 Å². The van der Waals surface area contributed by atoms with E-state index in [1.54, 1.807) is 0 Å². The summed E-state index contributed by atoms with van der Waals surface area (Å²) in [5, 5.41) is 4.24. The number of hydrogen-bond acceptors (Lipinski definition) is 2. The molecule has 0 bridgehead atoms. The van der Waals surface area contributed by atoms with Crippen molar-refractivity contribution in [3.63, 3.8) is 0 Å². The lowest BCUT2D eigenvalue weighted by molar-refractivity contribution is 0.225. The Bertz CT molecular complexity index is 415. The van der Waals surface area contributed by atoms with Gasteiger partial charge >= 0.3 is 0 Å². The highest BCUT2D eigenvalue weighted by molar-refractivity contribution is 6.30. The summed E-state index contributed by atoms with van der Waals surface area (Å²) in [6.07, 6.45) is 8.28. The third kappa shape index (κ3) is 5.61. The molecule has 1 atom stereocenters. The van der Waals surface area contributed by atoms with Gasteiger partial charge in [0, 0.05) is 17.6 Å². The fourth-order valence-corrected chi connectivity index (χ4v) is 3.65. The second-order valence-electron chi connectivity index (χ2n) is 6.45. The van der Waals surface area contributed by atoms with Crippen molar-refractivity contribution in [2.75, 3.05) is 27.2 Å². The van der Waals surface area contributed by atoms with E-state index in [1.165, 1.54) is 44.2 Å². The largest absolute Gasteiger partial charge is 0.313 e. The molecule has 3 heteroatoms. The highest BCUT2D eigenvalue weighted by atomic mass is 35.5. The van der Waals surface area contributed by atoms with E-state index < -0.39 is 0 Å². The van der Waals surface area contributed by atoms with Crippen LogP contribution in [0.25, 0.3) is 0 Å². The first-order valence-corrected chi connectivity index (χ1v) is 8.68. The number of nitrogens with one attached hydrogen (secondary N) is 1. The quantitative estimate of drug-likeness (QED) is 0.797. The van der Waals surface area contributed by atoms with E-state index in [2.05, 4.69) is 29.4 Å². The van der Waals surface area contributed by atoms with Gasteiger partial charge in [0.2, 0.25) is 0 Å². The standard InChI is InChI=1S/C18H29ClN2/c1-20-18(16-9-6-10-17(19)13-16)11-12-21(2)14-15-7-4-3-5-8-15/h6,9-10,13,15,18,20H,3-5,7-8,11-12,14H2,1-2H3. The van der Waals surface area contributed by atoms with Gasteiger partial charge in [-0.2, -0.15) is 0 Å². The molecule has 1 saturated carbocycles. The van der Waals surface area contributed by atoms with E-state index >= 15 is 0 Å². The lowest BCUT2D eigenvalue weighted by Gasteiger charge is -2.28. The summed E-state index contributed by atoms with van der Waals surface area (Å²) in [6.45, 7) is 2.39. The van der Waals surface area contributed by atoms with Crippen molar-refractivity contribution in [2.45, 2.75) is 44.6 Å². The zero-order valence-electron chi connectivity index (χ0n) is 13.4. The van der Waals surface area contributed by atoms with Crippen molar-refractivity contribution < 1.29 is 0 Å². The van der Waals surface area contributed by atoms with Crippen LogP contribution in [-0.4, -0.2) is 32.1 Å². The maximum Gasteiger partial charge on any atom is 0.0409 e. The molecule has 0 saturated heterocycles. The smallest absolute Gasteiger partial charge is 0.0409 e. The normalized spacial score (nSPS) is 18.1. The molecule has 118 valence electrons. The predicted molar refractivity (Wildman–Crippen MR) is 91.9 cm³/mol. The molecule has 1 fully saturated rings. The Morgan fingerprint density at radius 1 is 1.29 bits per heavy atom. The SMILES string of the molecule is CNC(CCN(C)CC1CCCCC1)c1cccc(Cl)c1. The minimum atomic E-state index is 0.387. The fourth-order valence-electron chi connectivity index (χ4n) is 3.45. The third-order valence-corrected chi connectivity index (χ3v) is 4.93. The van der Waals surface area contributed by atoms with E-state index in [0.717, 1.165) is 23.9 Å². The first-order chi connectivity index (χ1) is 10.2. The summed E-state index contributed by atoms with van der Waals surface area (Å²) in [5.41, 5.74) is 1.29. The second kappa shape index (κ2) is 8.77. The maximum atomic E-state index is 6.10. The van der Waals surface area contributed by atoms with Crippen LogP contribution in [0.1, 0.15) is 50.1 Å². The number of rotatable bonds is 7. The van der Waals surface area contributed by atoms with Crippen molar-refractivity contribution in [3.05, 3.63) is 34.9 Å². The van der Waals surface area contributed by atoms with Gasteiger partial charge in [0.15, 0.2) is 0 Å². The van der Waals surface area contributed by atoms with Crippen molar-refractivity contribution in [1.29, 1.82) is 0 Å². The van der Waals surface area contributed by atoms with Crippen LogP contribution < -0.4 is 5.32 Å². The van der Waals surface area contributed by atoms with Gasteiger partial charge in [0.05, 0.1) is 0 Å². The Hall–Kier alpha value is -0.570. The van der Waals surface area contributed by atoms with Crippen molar-refractivity contribution in [2.24, 2.45) is 5.92 Å². The van der Waals surface area contributed by atoms with Gasteiger partial charge in [-0.25, -0.2) is 0 Å². The van der Waals surface area contributed by atoms with E-state index in [4.69, 9.17) is 11.6 Å². The molecule has 21 heavy (non-hydrogen) atoms. The molecule has 0 spiro atoms. The van der Waals surface area contributed by atoms with Crippen molar-refractivity contribution in [1.82, 2.24) is 10.2 Å². The van der Waals surface area contributed by atoms with Gasteiger partial charge < -0.3 is 10.2 Å². The van der Waals surface area contributed by atoms with Crippen LogP contribution in [0.3, 0.4) is 0 Å². The Morgan fingerprint density at radius 3 is 2.71 bits per heavy atom. The van der Waals surface area contributed by atoms with Gasteiger partial charge in [-0.1, -0.05) is 43.0 Å². The van der Waals surface area contributed by atoms with Crippen LogP contribution in [0.15, 0.2) is 24.3 Å². The van der Waals surface area contributed by atoms with Crippen LogP contribution in [0.4, 0.5) is 0 Å². The molecule has 0 aromatic heterocycles. The lowest BCUT2D eigenvalue weighted by atomic mass is 9.89. The molecule has 0 aliphatic heterocycles. The zero-order valence-corrected chi connectivity index (χ0v) is 14.2. The molecular weight excluding hydrogens is 280 g/mol. The molecule has 1 unspecified atom stereocenters. The summed E-state index contributed by atoms with van der Waals surface area (Å²) in [6, 6.07) is 8.59. The number of benzene rings is 1. The van der Waals surface area contributed by atoms with E-state index in [1.807, 2.05) is 19.2 Å². The monoisotopic (exact) mass is 308 g/mol. The second-order valence-corrected chi connectivity index (χ2v) is 6.89. The Kier molecular flexibility index (Phi) is 7.01. The molecule has 2 nitrogen and oxygen atoms in total. The van der Waals surface area contributed by atoms with Crippen LogP contribution in [0.5, 0.6) is 0 Å². The van der Waals surface area contributed by atoms with Crippen molar-refractivity contribution in [3.8, 4) is 0 Å². The van der Waals surface area contributed by atoms with Crippen LogP contribution in [0, 0.1) is 5.92 Å². The Labute approximate surface area is 134 Å². The number of hydrogen-bond donors (Lipinski definition) is 1. The lowest BCUT2D eigenvalue weighted by Crippen LogP contribution is -2.30. The van der Waals surface area contributed by atoms with E-state index in [9.17, 15) is 0 Å². The topological polar surface area (TPSA) is 15.3 Å². The highest BCUT2D eigenvalue weighted by Gasteiger charge is 2.16. The predicted octanol–water partition coefficient (Wildman–Crippen LogP) is 4.50. The van der Waals surface area contributed by atoms with Crippen molar-refractivity contribution >= 4 is 11.6 Å². The molecule has 1 N–H and O–H groups in total. The first kappa shape index (κ1) is 16.8.